The van der Waals surface area contributed by atoms with E-state index in [1.807, 2.05) is 6.07 Å². The highest BCUT2D eigenvalue weighted by Gasteiger charge is 2.61. The highest BCUT2D eigenvalue weighted by molar-refractivity contribution is 5.99. The molecule has 0 aliphatic heterocycles. The van der Waals surface area contributed by atoms with E-state index in [9.17, 15) is 19.2 Å². The Morgan fingerprint density at radius 3 is 2.39 bits per heavy atom. The van der Waals surface area contributed by atoms with Crippen molar-refractivity contribution in [2.24, 2.45) is 17.3 Å². The Bertz CT molecular complexity index is 951. The molecule has 2 unspecified atom stereocenters. The number of hydrogen-bond donors (Lipinski definition) is 0. The predicted molar refractivity (Wildman–Crippen MR) is 109 cm³/mol. The van der Waals surface area contributed by atoms with E-state index in [0.717, 1.165) is 18.4 Å². The van der Waals surface area contributed by atoms with E-state index in [0.29, 0.717) is 24.2 Å². The van der Waals surface area contributed by atoms with Crippen LogP contribution in [0.2, 0.25) is 0 Å². The van der Waals surface area contributed by atoms with Gasteiger partial charge in [0.15, 0.2) is 5.78 Å². The zero-order chi connectivity index (χ0) is 22.5. The summed E-state index contributed by atoms with van der Waals surface area (Å²) in [7, 11) is 0. The number of rotatable bonds is 3. The molecule has 3 aliphatic rings. The molecule has 2 saturated carbocycles. The molecule has 1 aromatic rings. The summed E-state index contributed by atoms with van der Waals surface area (Å²) in [5.74, 6) is -0.459. The third-order valence-electron chi connectivity index (χ3n) is 7.37. The van der Waals surface area contributed by atoms with E-state index in [2.05, 4.69) is 6.92 Å². The van der Waals surface area contributed by atoms with Crippen LogP contribution in [0.3, 0.4) is 0 Å². The molecule has 0 spiro atoms. The van der Waals surface area contributed by atoms with Crippen molar-refractivity contribution in [1.29, 1.82) is 0 Å². The van der Waals surface area contributed by atoms with Gasteiger partial charge in [-0.15, -0.1) is 0 Å². The smallest absolute Gasteiger partial charge is 0.308 e. The topological polar surface area (TPSA) is 96.0 Å². The van der Waals surface area contributed by atoms with Crippen LogP contribution in [-0.2, 0) is 23.9 Å². The van der Waals surface area contributed by atoms with Gasteiger partial charge >= 0.3 is 17.9 Å². The number of hydrogen-bond acceptors (Lipinski definition) is 7. The third-order valence-corrected chi connectivity index (χ3v) is 7.37. The summed E-state index contributed by atoms with van der Waals surface area (Å²) in [6, 6.07) is 5.30. The standard InChI is InChI=1S/C24H28O7/c1-12(25)29-15-5-6-16-17-7-8-24(4)20(18(17)10-21(28)19(16)9-15)11-22(30-13(2)26)23(24)31-14(3)27/h5-6,9,17-18,20,22-23H,7-8,10-11H2,1-4H3/t17-,18-,20+,22?,23?,24+/m1/s1. The second-order valence-corrected chi connectivity index (χ2v) is 9.30. The van der Waals surface area contributed by atoms with Gasteiger partial charge < -0.3 is 14.2 Å². The van der Waals surface area contributed by atoms with Crippen LogP contribution in [-0.4, -0.2) is 35.9 Å². The largest absolute Gasteiger partial charge is 0.459 e. The molecular formula is C24H28O7. The molecule has 6 atom stereocenters. The van der Waals surface area contributed by atoms with Gasteiger partial charge in [0.1, 0.15) is 18.0 Å². The number of esters is 3. The molecule has 7 heteroatoms. The van der Waals surface area contributed by atoms with E-state index in [4.69, 9.17) is 14.2 Å². The maximum Gasteiger partial charge on any atom is 0.308 e. The van der Waals surface area contributed by atoms with Crippen molar-refractivity contribution >= 4 is 23.7 Å². The summed E-state index contributed by atoms with van der Waals surface area (Å²) in [5, 5.41) is 0. The van der Waals surface area contributed by atoms with Gasteiger partial charge in [0.25, 0.3) is 0 Å². The van der Waals surface area contributed by atoms with Crippen LogP contribution in [0.25, 0.3) is 0 Å². The quantitative estimate of drug-likeness (QED) is 0.536. The van der Waals surface area contributed by atoms with E-state index in [1.54, 1.807) is 12.1 Å². The Labute approximate surface area is 181 Å². The normalized spacial score (nSPS) is 33.5. The molecule has 4 rings (SSSR count). The van der Waals surface area contributed by atoms with E-state index in [-0.39, 0.29) is 29.0 Å². The Morgan fingerprint density at radius 2 is 1.74 bits per heavy atom. The van der Waals surface area contributed by atoms with Crippen molar-refractivity contribution < 1.29 is 33.4 Å². The lowest BCUT2D eigenvalue weighted by atomic mass is 9.55. The average Bonchev–Trinajstić information content (AvgIpc) is 2.93. The summed E-state index contributed by atoms with van der Waals surface area (Å²) in [6.45, 7) is 6.15. The molecule has 3 aliphatic carbocycles. The molecule has 0 saturated heterocycles. The maximum atomic E-state index is 13.1. The predicted octanol–water partition coefficient (Wildman–Crippen LogP) is 3.58. The molecular weight excluding hydrogens is 400 g/mol. The van der Waals surface area contributed by atoms with Gasteiger partial charge in [-0.3, -0.25) is 19.2 Å². The van der Waals surface area contributed by atoms with Gasteiger partial charge in [-0.2, -0.15) is 0 Å². The number of Topliss-reactive ketones (excluding diaryl/α,β-unsaturated/α-hetero) is 1. The molecule has 0 radical (unpaired) electrons. The van der Waals surface area contributed by atoms with Crippen molar-refractivity contribution in [3.8, 4) is 5.75 Å². The number of ether oxygens (including phenoxy) is 3. The van der Waals surface area contributed by atoms with Crippen molar-refractivity contribution in [3.63, 3.8) is 0 Å². The van der Waals surface area contributed by atoms with Gasteiger partial charge in [-0.05, 0) is 54.7 Å². The highest BCUT2D eigenvalue weighted by atomic mass is 16.6. The minimum atomic E-state index is -0.511. The number of fused-ring (bicyclic) bond motifs is 5. The first-order chi connectivity index (χ1) is 14.6. The fourth-order valence-corrected chi connectivity index (χ4v) is 6.27. The molecule has 0 heterocycles. The summed E-state index contributed by atoms with van der Waals surface area (Å²) < 4.78 is 16.4. The molecule has 166 valence electrons. The Hall–Kier alpha value is -2.70. The van der Waals surface area contributed by atoms with Gasteiger partial charge in [-0.25, -0.2) is 0 Å². The lowest BCUT2D eigenvalue weighted by Crippen LogP contribution is -2.47. The average molecular weight is 428 g/mol. The second kappa shape index (κ2) is 7.77. The van der Waals surface area contributed by atoms with Gasteiger partial charge in [-0.1, -0.05) is 13.0 Å². The summed E-state index contributed by atoms with van der Waals surface area (Å²) in [5.41, 5.74) is 1.25. The highest BCUT2D eigenvalue weighted by Crippen LogP contribution is 2.62. The second-order valence-electron chi connectivity index (χ2n) is 9.30. The number of carbonyl (C=O) groups is 4. The lowest BCUT2D eigenvalue weighted by molar-refractivity contribution is -0.171. The van der Waals surface area contributed by atoms with Crippen molar-refractivity contribution in [2.75, 3.05) is 0 Å². The van der Waals surface area contributed by atoms with E-state index >= 15 is 0 Å². The molecule has 0 aromatic heterocycles. The van der Waals surface area contributed by atoms with Crippen LogP contribution < -0.4 is 4.74 Å². The van der Waals surface area contributed by atoms with Crippen LogP contribution >= 0.6 is 0 Å². The SMILES string of the molecule is CC(=O)Oc1ccc2c(c1)C(=O)C[C@@H]1[C@@H]2CC[C@]2(C)C(OC(C)=O)C(OC(C)=O)C[C@@H]12. The molecule has 0 bridgehead atoms. The minimum absolute atomic E-state index is 0.0227. The van der Waals surface area contributed by atoms with E-state index in [1.165, 1.54) is 20.8 Å². The van der Waals surface area contributed by atoms with Gasteiger partial charge in [0, 0.05) is 38.2 Å². The van der Waals surface area contributed by atoms with Gasteiger partial charge in [0.05, 0.1) is 0 Å². The van der Waals surface area contributed by atoms with Crippen molar-refractivity contribution in [1.82, 2.24) is 0 Å². The van der Waals surface area contributed by atoms with Crippen LogP contribution in [0.5, 0.6) is 5.75 Å². The Morgan fingerprint density at radius 1 is 1.03 bits per heavy atom. The summed E-state index contributed by atoms with van der Waals surface area (Å²) in [4.78, 5) is 47.9. The van der Waals surface area contributed by atoms with E-state index < -0.39 is 30.1 Å². The fraction of sp³-hybridized carbons (Fsp3) is 0.583. The number of benzene rings is 1. The van der Waals surface area contributed by atoms with Gasteiger partial charge in [0.2, 0.25) is 0 Å². The van der Waals surface area contributed by atoms with Crippen molar-refractivity contribution in [3.05, 3.63) is 29.3 Å². The first kappa shape index (κ1) is 21.5. The van der Waals surface area contributed by atoms with Crippen LogP contribution in [0, 0.1) is 17.3 Å². The van der Waals surface area contributed by atoms with Crippen LogP contribution in [0.15, 0.2) is 18.2 Å². The summed E-state index contributed by atoms with van der Waals surface area (Å²) in [6.07, 6.45) is 1.58. The first-order valence-corrected chi connectivity index (χ1v) is 10.8. The number of carbonyl (C=O) groups excluding carboxylic acids is 4. The molecule has 2 fully saturated rings. The molecule has 0 amide bonds. The zero-order valence-electron chi connectivity index (χ0n) is 18.3. The monoisotopic (exact) mass is 428 g/mol. The van der Waals surface area contributed by atoms with Crippen LogP contribution in [0.4, 0.5) is 0 Å². The molecule has 1 aromatic carbocycles. The first-order valence-electron chi connectivity index (χ1n) is 10.8. The summed E-state index contributed by atoms with van der Waals surface area (Å²) >= 11 is 0. The molecule has 31 heavy (non-hydrogen) atoms. The maximum absolute atomic E-state index is 13.1. The molecule has 7 nitrogen and oxygen atoms in total. The minimum Gasteiger partial charge on any atom is -0.459 e. The van der Waals surface area contributed by atoms with Crippen molar-refractivity contribution in [2.45, 2.75) is 71.5 Å². The lowest BCUT2D eigenvalue weighted by Gasteiger charge is -2.49. The van der Waals surface area contributed by atoms with Crippen LogP contribution in [0.1, 0.15) is 75.2 Å². The fourth-order valence-electron chi connectivity index (χ4n) is 6.27. The molecule has 0 N–H and O–H groups in total. The third kappa shape index (κ3) is 3.75. The zero-order valence-corrected chi connectivity index (χ0v) is 18.3. The Balaban J connectivity index is 1.67. The Kier molecular flexibility index (Phi) is 5.40. The number of ketones is 1.